The number of carbonyl (C=O) groups excluding carboxylic acids is 1. The van der Waals surface area contributed by atoms with E-state index in [1.54, 1.807) is 18.2 Å². The number of rotatable bonds is 10. The first-order chi connectivity index (χ1) is 14.6. The molecule has 1 amide bonds. The predicted octanol–water partition coefficient (Wildman–Crippen LogP) is 1.19. The van der Waals surface area contributed by atoms with Gasteiger partial charge in [0.25, 0.3) is 11.6 Å². The van der Waals surface area contributed by atoms with Gasteiger partial charge < -0.3 is 24.6 Å². The highest BCUT2D eigenvalue weighted by molar-refractivity contribution is 7.90. The number of ether oxygens (including phenoxy) is 3. The van der Waals surface area contributed by atoms with E-state index in [4.69, 9.17) is 14.2 Å². The molecule has 2 N–H and O–H groups in total. The monoisotopic (exact) mass is 454 g/mol. The van der Waals surface area contributed by atoms with Crippen LogP contribution >= 0.6 is 0 Å². The summed E-state index contributed by atoms with van der Waals surface area (Å²) in [4.78, 5) is 22.2. The first-order valence-electron chi connectivity index (χ1n) is 8.86. The maximum atomic E-state index is 12.4. The van der Waals surface area contributed by atoms with Crippen molar-refractivity contribution in [2.45, 2.75) is 11.0 Å². The molecular weight excluding hydrogens is 432 g/mol. The molecule has 168 valence electrons. The van der Waals surface area contributed by atoms with E-state index in [0.717, 1.165) is 24.5 Å². The fourth-order valence-corrected chi connectivity index (χ4v) is 3.22. The Balaban J connectivity index is 2.06. The quantitative estimate of drug-likeness (QED) is 0.398. The lowest BCUT2D eigenvalue weighted by Gasteiger charge is -2.17. The number of nitrogens with zero attached hydrogens (tertiary/aromatic N) is 1. The minimum absolute atomic E-state index is 0.222. The highest BCUT2D eigenvalue weighted by Gasteiger charge is 2.20. The van der Waals surface area contributed by atoms with Crippen molar-refractivity contribution in [1.82, 2.24) is 5.32 Å². The second kappa shape index (κ2) is 10.1. The fourth-order valence-electron chi connectivity index (χ4n) is 2.54. The second-order valence-corrected chi connectivity index (χ2v) is 8.43. The van der Waals surface area contributed by atoms with Crippen LogP contribution in [0.2, 0.25) is 0 Å². The van der Waals surface area contributed by atoms with E-state index in [0.29, 0.717) is 11.5 Å². The molecule has 1 unspecified atom stereocenters. The van der Waals surface area contributed by atoms with Gasteiger partial charge in [-0.3, -0.25) is 14.9 Å². The molecule has 2 rings (SSSR count). The number of hydrogen-bond donors (Lipinski definition) is 2. The Labute approximate surface area is 178 Å². The smallest absolute Gasteiger partial charge is 0.271 e. The normalized spacial score (nSPS) is 12.0. The second-order valence-electron chi connectivity index (χ2n) is 6.41. The number of methoxy groups -OCH3 is 2. The van der Waals surface area contributed by atoms with Crippen molar-refractivity contribution in [3.05, 3.63) is 52.1 Å². The molecule has 0 saturated heterocycles. The van der Waals surface area contributed by atoms with E-state index in [9.17, 15) is 28.4 Å². The number of benzene rings is 2. The van der Waals surface area contributed by atoms with Gasteiger partial charge in [-0.25, -0.2) is 8.42 Å². The van der Waals surface area contributed by atoms with E-state index in [-0.39, 0.29) is 29.4 Å². The van der Waals surface area contributed by atoms with Gasteiger partial charge in [0, 0.05) is 30.5 Å². The van der Waals surface area contributed by atoms with Crippen LogP contribution in [-0.4, -0.2) is 64.1 Å². The maximum absolute atomic E-state index is 12.4. The van der Waals surface area contributed by atoms with Crippen molar-refractivity contribution in [2.24, 2.45) is 0 Å². The molecule has 1 atom stereocenters. The van der Waals surface area contributed by atoms with Crippen molar-refractivity contribution < 1.29 is 37.5 Å². The number of aliphatic hydroxyl groups excluding tert-OH is 1. The zero-order valence-electron chi connectivity index (χ0n) is 17.0. The van der Waals surface area contributed by atoms with Gasteiger partial charge in [0.15, 0.2) is 21.3 Å². The topological polar surface area (TPSA) is 154 Å². The molecule has 0 heterocycles. The molecule has 2 aromatic rings. The molecule has 12 heteroatoms. The first kappa shape index (κ1) is 23.9. The van der Waals surface area contributed by atoms with Crippen molar-refractivity contribution in [3.63, 3.8) is 0 Å². The number of nitro benzene ring substituents is 1. The van der Waals surface area contributed by atoms with Gasteiger partial charge in [-0.15, -0.1) is 0 Å². The summed E-state index contributed by atoms with van der Waals surface area (Å²) in [5.74, 6) is 0.262. The number of non-ortho nitro benzene ring substituents is 1. The molecule has 0 fully saturated rings. The lowest BCUT2D eigenvalue weighted by atomic mass is 10.2. The zero-order valence-corrected chi connectivity index (χ0v) is 17.8. The van der Waals surface area contributed by atoms with E-state index in [1.807, 2.05) is 0 Å². The molecule has 0 aromatic heterocycles. The molecule has 0 aliphatic heterocycles. The lowest BCUT2D eigenvalue weighted by Crippen LogP contribution is -2.35. The first-order valence-corrected chi connectivity index (χ1v) is 10.8. The van der Waals surface area contributed by atoms with Crippen LogP contribution in [0.25, 0.3) is 0 Å². The third-order valence-corrected chi connectivity index (χ3v) is 5.19. The number of hydrogen-bond acceptors (Lipinski definition) is 9. The fraction of sp³-hybridized carbons (Fsp3) is 0.316. The highest BCUT2D eigenvalue weighted by Crippen LogP contribution is 2.36. The zero-order chi connectivity index (χ0) is 23.2. The third kappa shape index (κ3) is 6.30. The van der Waals surface area contributed by atoms with E-state index >= 15 is 0 Å². The number of amides is 1. The van der Waals surface area contributed by atoms with Crippen LogP contribution in [0, 0.1) is 10.1 Å². The number of sulfone groups is 1. The van der Waals surface area contributed by atoms with Crippen LogP contribution in [0.4, 0.5) is 5.69 Å². The van der Waals surface area contributed by atoms with Gasteiger partial charge in [0.2, 0.25) is 5.75 Å². The molecule has 11 nitrogen and oxygen atoms in total. The number of nitro groups is 1. The van der Waals surface area contributed by atoms with Crippen molar-refractivity contribution in [1.29, 1.82) is 0 Å². The number of aliphatic hydroxyl groups is 1. The van der Waals surface area contributed by atoms with Gasteiger partial charge in [0.05, 0.1) is 24.0 Å². The molecule has 0 aliphatic rings. The predicted molar refractivity (Wildman–Crippen MR) is 110 cm³/mol. The summed E-state index contributed by atoms with van der Waals surface area (Å²) in [7, 11) is -0.883. The molecule has 31 heavy (non-hydrogen) atoms. The van der Waals surface area contributed by atoms with Crippen LogP contribution < -0.4 is 19.5 Å². The molecule has 0 radical (unpaired) electrons. The van der Waals surface area contributed by atoms with Crippen LogP contribution in [0.3, 0.4) is 0 Å². The van der Waals surface area contributed by atoms with Gasteiger partial charge in [-0.2, -0.15) is 0 Å². The number of para-hydroxylation sites is 1. The van der Waals surface area contributed by atoms with Gasteiger partial charge in [0.1, 0.15) is 12.7 Å². The van der Waals surface area contributed by atoms with Crippen LogP contribution in [0.15, 0.2) is 41.3 Å². The molecule has 0 aliphatic carbocycles. The standard InChI is InChI=1S/C19H22N2O9S/c1-28-16-5-4-6-17(29-2)18(16)30-11-14(22)10-20-19(23)12-7-13(21(24)25)9-15(8-12)31(3,26)27/h4-9,14,22H,10-11H2,1-3H3,(H,20,23). The number of nitrogens with one attached hydrogen (secondary N) is 1. The van der Waals surface area contributed by atoms with E-state index < -0.39 is 32.5 Å². The van der Waals surface area contributed by atoms with Crippen molar-refractivity contribution in [3.8, 4) is 17.2 Å². The third-order valence-electron chi connectivity index (χ3n) is 4.09. The summed E-state index contributed by atoms with van der Waals surface area (Å²) < 4.78 is 39.4. The SMILES string of the molecule is COc1cccc(OC)c1OCC(O)CNC(=O)c1cc([N+](=O)[O-])cc(S(C)(=O)=O)c1. The Morgan fingerprint density at radius 2 is 1.81 bits per heavy atom. The van der Waals surface area contributed by atoms with Crippen LogP contribution in [0.1, 0.15) is 10.4 Å². The van der Waals surface area contributed by atoms with Gasteiger partial charge >= 0.3 is 0 Å². The Morgan fingerprint density at radius 1 is 1.19 bits per heavy atom. The average Bonchev–Trinajstić information content (AvgIpc) is 2.74. The summed E-state index contributed by atoms with van der Waals surface area (Å²) in [6, 6.07) is 7.84. The summed E-state index contributed by atoms with van der Waals surface area (Å²) in [6.07, 6.45) is -0.271. The van der Waals surface area contributed by atoms with Gasteiger partial charge in [-0.05, 0) is 18.2 Å². The Hall–Kier alpha value is -3.38. The minimum atomic E-state index is -3.78. The summed E-state index contributed by atoms with van der Waals surface area (Å²) in [5, 5.41) is 23.6. The summed E-state index contributed by atoms with van der Waals surface area (Å²) in [5.41, 5.74) is -0.769. The summed E-state index contributed by atoms with van der Waals surface area (Å²) >= 11 is 0. The van der Waals surface area contributed by atoms with Crippen LogP contribution in [-0.2, 0) is 9.84 Å². The van der Waals surface area contributed by atoms with E-state index in [1.165, 1.54) is 14.2 Å². The molecule has 0 spiro atoms. The average molecular weight is 454 g/mol. The maximum Gasteiger partial charge on any atom is 0.271 e. The van der Waals surface area contributed by atoms with Crippen LogP contribution in [0.5, 0.6) is 17.2 Å². The molecule has 0 saturated carbocycles. The van der Waals surface area contributed by atoms with E-state index in [2.05, 4.69) is 5.32 Å². The summed E-state index contributed by atoms with van der Waals surface area (Å²) in [6.45, 7) is -0.478. The Morgan fingerprint density at radius 3 is 2.32 bits per heavy atom. The van der Waals surface area contributed by atoms with Crippen molar-refractivity contribution >= 4 is 21.4 Å². The highest BCUT2D eigenvalue weighted by atomic mass is 32.2. The largest absolute Gasteiger partial charge is 0.493 e. The molecule has 0 bridgehead atoms. The van der Waals surface area contributed by atoms with Gasteiger partial charge in [-0.1, -0.05) is 6.07 Å². The minimum Gasteiger partial charge on any atom is -0.493 e. The Bertz CT molecular complexity index is 1050. The molecular formula is C19H22N2O9S. The molecule has 2 aromatic carbocycles. The Kier molecular flexibility index (Phi) is 7.78. The lowest BCUT2D eigenvalue weighted by molar-refractivity contribution is -0.385. The number of carbonyl (C=O) groups is 1. The van der Waals surface area contributed by atoms with Crippen molar-refractivity contribution in [2.75, 3.05) is 33.6 Å².